The zero-order valence-corrected chi connectivity index (χ0v) is 11.8. The molecule has 6 heteroatoms. The molecule has 0 atom stereocenters. The van der Waals surface area contributed by atoms with Crippen molar-refractivity contribution in [1.82, 2.24) is 5.32 Å². The first-order valence-electron chi connectivity index (χ1n) is 6.01. The van der Waals surface area contributed by atoms with Crippen LogP contribution in [0.3, 0.4) is 0 Å². The summed E-state index contributed by atoms with van der Waals surface area (Å²) in [5.74, 6) is -0.0155. The fourth-order valence-corrected chi connectivity index (χ4v) is 2.46. The third-order valence-corrected chi connectivity index (χ3v) is 3.77. The fourth-order valence-electron chi connectivity index (χ4n) is 1.68. The second-order valence-electron chi connectivity index (χ2n) is 4.28. The van der Waals surface area contributed by atoms with Gasteiger partial charge in [0, 0.05) is 17.0 Å². The van der Waals surface area contributed by atoms with Gasteiger partial charge in [0.05, 0.1) is 4.88 Å². The smallest absolute Gasteiger partial charge is 0.261 e. The predicted octanol–water partition coefficient (Wildman–Crippen LogP) is 2.08. The van der Waals surface area contributed by atoms with Crippen molar-refractivity contribution in [3.05, 3.63) is 57.3 Å². The van der Waals surface area contributed by atoms with Gasteiger partial charge in [0.2, 0.25) is 0 Å². The molecular formula is C14H15N3O2S. The van der Waals surface area contributed by atoms with E-state index in [0.29, 0.717) is 17.0 Å². The maximum absolute atomic E-state index is 11.9. The molecule has 0 radical (unpaired) electrons. The highest BCUT2D eigenvalue weighted by molar-refractivity contribution is 7.13. The van der Waals surface area contributed by atoms with Crippen LogP contribution in [0.4, 0.5) is 0 Å². The van der Waals surface area contributed by atoms with Gasteiger partial charge >= 0.3 is 0 Å². The maximum Gasteiger partial charge on any atom is 0.261 e. The molecule has 0 saturated heterocycles. The Bertz CT molecular complexity index is 632. The zero-order valence-electron chi connectivity index (χ0n) is 11.0. The molecule has 0 aliphatic rings. The van der Waals surface area contributed by atoms with E-state index in [1.54, 1.807) is 12.1 Å². The van der Waals surface area contributed by atoms with Crippen LogP contribution < -0.4 is 11.1 Å². The Labute approximate surface area is 120 Å². The Morgan fingerprint density at radius 2 is 2.00 bits per heavy atom. The Morgan fingerprint density at radius 1 is 1.30 bits per heavy atom. The minimum Gasteiger partial charge on any atom is -0.409 e. The molecule has 1 heterocycles. The van der Waals surface area contributed by atoms with Gasteiger partial charge in [-0.05, 0) is 24.6 Å². The summed E-state index contributed by atoms with van der Waals surface area (Å²) in [7, 11) is 0. The summed E-state index contributed by atoms with van der Waals surface area (Å²) in [5, 5.41) is 14.4. The maximum atomic E-state index is 11.9. The number of aryl methyl sites for hydroxylation is 1. The molecule has 1 amide bonds. The van der Waals surface area contributed by atoms with Crippen LogP contribution in [-0.4, -0.2) is 17.0 Å². The van der Waals surface area contributed by atoms with Crippen LogP contribution in [0.5, 0.6) is 0 Å². The zero-order chi connectivity index (χ0) is 14.5. The van der Waals surface area contributed by atoms with Crippen LogP contribution in [-0.2, 0) is 6.54 Å². The van der Waals surface area contributed by atoms with E-state index in [0.717, 1.165) is 10.4 Å². The lowest BCUT2D eigenvalue weighted by atomic mass is 10.1. The first kappa shape index (κ1) is 14.1. The Morgan fingerprint density at radius 3 is 2.55 bits per heavy atom. The predicted molar refractivity (Wildman–Crippen MR) is 79.2 cm³/mol. The summed E-state index contributed by atoms with van der Waals surface area (Å²) in [4.78, 5) is 13.7. The van der Waals surface area contributed by atoms with E-state index < -0.39 is 0 Å². The number of hydrogen-bond donors (Lipinski definition) is 3. The third-order valence-electron chi connectivity index (χ3n) is 2.77. The number of carbonyl (C=O) groups is 1. The van der Waals surface area contributed by atoms with Crippen molar-refractivity contribution in [3.8, 4) is 0 Å². The summed E-state index contributed by atoms with van der Waals surface area (Å²) >= 11 is 1.47. The van der Waals surface area contributed by atoms with Crippen LogP contribution in [0.1, 0.15) is 25.7 Å². The highest BCUT2D eigenvalue weighted by Crippen LogP contribution is 2.14. The van der Waals surface area contributed by atoms with Crippen LogP contribution in [0.25, 0.3) is 0 Å². The monoisotopic (exact) mass is 289 g/mol. The first-order valence-corrected chi connectivity index (χ1v) is 6.83. The van der Waals surface area contributed by atoms with E-state index in [1.807, 2.05) is 31.2 Å². The summed E-state index contributed by atoms with van der Waals surface area (Å²) in [5.41, 5.74) is 7.06. The average Bonchev–Trinajstić information content (AvgIpc) is 2.91. The molecule has 0 saturated carbocycles. The Hall–Kier alpha value is -2.34. The molecule has 1 aromatic heterocycles. The second-order valence-corrected chi connectivity index (χ2v) is 5.56. The molecule has 0 fully saturated rings. The topological polar surface area (TPSA) is 87.7 Å². The van der Waals surface area contributed by atoms with E-state index in [2.05, 4.69) is 10.5 Å². The number of rotatable bonds is 4. The summed E-state index contributed by atoms with van der Waals surface area (Å²) in [6.07, 6.45) is 0. The number of hydrogen-bond acceptors (Lipinski definition) is 4. The summed E-state index contributed by atoms with van der Waals surface area (Å²) < 4.78 is 0. The van der Waals surface area contributed by atoms with E-state index in [4.69, 9.17) is 10.9 Å². The highest BCUT2D eigenvalue weighted by atomic mass is 32.1. The third kappa shape index (κ3) is 3.36. The van der Waals surface area contributed by atoms with E-state index in [9.17, 15) is 4.79 Å². The Balaban J connectivity index is 1.96. The number of nitrogens with one attached hydrogen (secondary N) is 1. The number of benzene rings is 1. The normalized spacial score (nSPS) is 11.3. The largest absolute Gasteiger partial charge is 0.409 e. The van der Waals surface area contributed by atoms with Gasteiger partial charge in [-0.1, -0.05) is 29.4 Å². The van der Waals surface area contributed by atoms with Gasteiger partial charge in [0.25, 0.3) is 5.91 Å². The van der Waals surface area contributed by atoms with Crippen molar-refractivity contribution in [1.29, 1.82) is 0 Å². The molecule has 20 heavy (non-hydrogen) atoms. The van der Waals surface area contributed by atoms with Crippen molar-refractivity contribution >= 4 is 23.1 Å². The molecule has 1 aromatic carbocycles. The van der Waals surface area contributed by atoms with Gasteiger partial charge in [-0.25, -0.2) is 0 Å². The average molecular weight is 289 g/mol. The Kier molecular flexibility index (Phi) is 4.37. The van der Waals surface area contributed by atoms with Crippen molar-refractivity contribution in [2.75, 3.05) is 0 Å². The lowest BCUT2D eigenvalue weighted by Crippen LogP contribution is -2.21. The number of amides is 1. The SMILES string of the molecule is Cc1ccc(C(=O)NCc2ccc(C(N)=NO)cc2)s1. The quantitative estimate of drug-likeness (QED) is 0.348. The van der Waals surface area contributed by atoms with Crippen molar-refractivity contribution < 1.29 is 10.0 Å². The highest BCUT2D eigenvalue weighted by Gasteiger charge is 2.07. The molecule has 4 N–H and O–H groups in total. The van der Waals surface area contributed by atoms with Crippen molar-refractivity contribution in [2.24, 2.45) is 10.9 Å². The first-order chi connectivity index (χ1) is 9.60. The molecule has 104 valence electrons. The van der Waals surface area contributed by atoms with E-state index >= 15 is 0 Å². The lowest BCUT2D eigenvalue weighted by Gasteiger charge is -2.05. The molecule has 0 aliphatic carbocycles. The summed E-state index contributed by atoms with van der Waals surface area (Å²) in [6.45, 7) is 2.40. The molecule has 0 bridgehead atoms. The molecule has 0 aliphatic heterocycles. The van der Waals surface area contributed by atoms with Crippen LogP contribution in [0, 0.1) is 6.92 Å². The van der Waals surface area contributed by atoms with E-state index in [-0.39, 0.29) is 11.7 Å². The van der Waals surface area contributed by atoms with E-state index in [1.165, 1.54) is 11.3 Å². The van der Waals surface area contributed by atoms with Gasteiger partial charge in [-0.15, -0.1) is 11.3 Å². The number of thiophene rings is 1. The minimum atomic E-state index is -0.0800. The van der Waals surface area contributed by atoms with Gasteiger partial charge < -0.3 is 16.3 Å². The van der Waals surface area contributed by atoms with Crippen LogP contribution in [0.15, 0.2) is 41.6 Å². The van der Waals surface area contributed by atoms with Crippen molar-refractivity contribution in [3.63, 3.8) is 0 Å². The molecular weight excluding hydrogens is 274 g/mol. The molecule has 2 rings (SSSR count). The number of nitrogens with zero attached hydrogens (tertiary/aromatic N) is 1. The second kappa shape index (κ2) is 6.21. The number of nitrogens with two attached hydrogens (primary N) is 1. The molecule has 0 unspecified atom stereocenters. The molecule has 2 aromatic rings. The lowest BCUT2D eigenvalue weighted by molar-refractivity contribution is 0.0955. The van der Waals surface area contributed by atoms with Gasteiger partial charge in [0.15, 0.2) is 5.84 Å². The van der Waals surface area contributed by atoms with Crippen LogP contribution >= 0.6 is 11.3 Å². The number of oxime groups is 1. The minimum absolute atomic E-state index is 0.0645. The molecule has 0 spiro atoms. The summed E-state index contributed by atoms with van der Waals surface area (Å²) in [6, 6.07) is 10.9. The van der Waals surface area contributed by atoms with Gasteiger partial charge in [-0.3, -0.25) is 4.79 Å². The van der Waals surface area contributed by atoms with Crippen molar-refractivity contribution in [2.45, 2.75) is 13.5 Å². The standard InChI is InChI=1S/C14H15N3O2S/c1-9-2-7-12(20-9)14(18)16-8-10-3-5-11(6-4-10)13(15)17-19/h2-7,19H,8H2,1H3,(H2,15,17)(H,16,18). The van der Waals surface area contributed by atoms with Gasteiger partial charge in [-0.2, -0.15) is 0 Å². The molecule has 5 nitrogen and oxygen atoms in total. The van der Waals surface area contributed by atoms with Gasteiger partial charge in [0.1, 0.15) is 0 Å². The number of amidine groups is 1. The fraction of sp³-hybridized carbons (Fsp3) is 0.143. The van der Waals surface area contributed by atoms with Crippen LogP contribution in [0.2, 0.25) is 0 Å². The number of carbonyl (C=O) groups excluding carboxylic acids is 1.